The summed E-state index contributed by atoms with van der Waals surface area (Å²) in [5.41, 5.74) is 4.06. The van der Waals surface area contributed by atoms with Crippen molar-refractivity contribution in [3.63, 3.8) is 0 Å². The summed E-state index contributed by atoms with van der Waals surface area (Å²) >= 11 is 1.14. The van der Waals surface area contributed by atoms with E-state index in [1.54, 1.807) is 12.3 Å². The van der Waals surface area contributed by atoms with Crippen LogP contribution in [0.1, 0.15) is 39.5 Å². The van der Waals surface area contributed by atoms with Gasteiger partial charge in [-0.25, -0.2) is 4.98 Å². The molecule has 0 aliphatic carbocycles. The van der Waals surface area contributed by atoms with Gasteiger partial charge in [-0.1, -0.05) is 102 Å². The Hall–Kier alpha value is -4.54. The molecule has 0 bridgehead atoms. The summed E-state index contributed by atoms with van der Waals surface area (Å²) in [7, 11) is 2.06. The van der Waals surface area contributed by atoms with Gasteiger partial charge in [0.15, 0.2) is 5.60 Å². The number of oxazole rings is 1. The first kappa shape index (κ1) is 31.4. The third-order valence-corrected chi connectivity index (χ3v) is 9.24. The van der Waals surface area contributed by atoms with E-state index in [1.807, 2.05) is 66.7 Å². The monoisotopic (exact) mass is 634 g/mol. The van der Waals surface area contributed by atoms with Crippen molar-refractivity contribution < 1.29 is 14.6 Å². The van der Waals surface area contributed by atoms with Crippen LogP contribution < -0.4 is 10.2 Å². The van der Waals surface area contributed by atoms with Crippen LogP contribution in [-0.4, -0.2) is 51.8 Å². The molecule has 0 atom stereocenters. The molecular weight excluding hydrogens is 596 g/mol. The minimum absolute atomic E-state index is 0.112. The highest BCUT2D eigenvalue weighted by Crippen LogP contribution is 2.36. The van der Waals surface area contributed by atoms with Crippen molar-refractivity contribution in [2.75, 3.05) is 26.7 Å². The molecule has 236 valence electrons. The second-order valence-corrected chi connectivity index (χ2v) is 12.6. The van der Waals surface area contributed by atoms with Crippen LogP contribution in [0.2, 0.25) is 0 Å². The smallest absolute Gasteiger partial charge is 0.305 e. The number of nitrogens with one attached hydrogen (secondary N) is 2. The number of hydrogen-bond acceptors (Lipinski definition) is 8. The maximum Gasteiger partial charge on any atom is 0.305 e. The van der Waals surface area contributed by atoms with Gasteiger partial charge in [0.1, 0.15) is 17.0 Å². The molecule has 8 nitrogen and oxygen atoms in total. The van der Waals surface area contributed by atoms with Gasteiger partial charge in [0.2, 0.25) is 5.89 Å². The molecule has 0 radical (unpaired) electrons. The average molecular weight is 635 g/mol. The first-order valence-electron chi connectivity index (χ1n) is 15.5. The molecule has 2 aromatic heterocycles. The Bertz CT molecular complexity index is 1880. The van der Waals surface area contributed by atoms with E-state index in [-0.39, 0.29) is 16.5 Å². The van der Waals surface area contributed by atoms with Crippen LogP contribution in [0.3, 0.4) is 0 Å². The molecule has 6 rings (SSSR count). The highest BCUT2D eigenvalue weighted by Gasteiger charge is 2.38. The van der Waals surface area contributed by atoms with Crippen molar-refractivity contribution in [1.82, 2.24) is 20.2 Å². The molecule has 0 aliphatic rings. The normalized spacial score (nSPS) is 11.9. The highest BCUT2D eigenvalue weighted by atomic mass is 32.1. The van der Waals surface area contributed by atoms with Gasteiger partial charge in [-0.3, -0.25) is 9.69 Å². The summed E-state index contributed by atoms with van der Waals surface area (Å²) in [5.74, 6) is 1.07. The number of aromatic amines is 1. The first-order valence-corrected chi connectivity index (χ1v) is 16.3. The van der Waals surface area contributed by atoms with E-state index >= 15 is 0 Å². The minimum Gasteiger partial charge on any atom is -0.506 e. The number of nitrogens with zero attached hydrogens (tertiary/aromatic N) is 2. The van der Waals surface area contributed by atoms with Crippen LogP contribution in [-0.2, 0) is 31.4 Å². The number of aromatic hydroxyl groups is 1. The molecule has 2 heterocycles. The zero-order chi connectivity index (χ0) is 31.9. The summed E-state index contributed by atoms with van der Waals surface area (Å²) < 4.78 is 7.00. The van der Waals surface area contributed by atoms with Crippen molar-refractivity contribution in [2.24, 2.45) is 0 Å². The van der Waals surface area contributed by atoms with Crippen LogP contribution in [0.15, 0.2) is 112 Å². The van der Waals surface area contributed by atoms with E-state index < -0.39 is 5.60 Å². The number of likely N-dealkylation sites (N-methyl/N-ethyl adjacent to an activating group) is 1. The summed E-state index contributed by atoms with van der Waals surface area (Å²) in [4.78, 5) is 21.0. The lowest BCUT2D eigenvalue weighted by molar-refractivity contribution is 0.0900. The fraction of sp³-hybridized carbons (Fsp3) is 0.243. The van der Waals surface area contributed by atoms with E-state index in [9.17, 15) is 15.0 Å². The molecular formula is C37H38N4O4S. The highest BCUT2D eigenvalue weighted by molar-refractivity contribution is 7.16. The molecule has 0 unspecified atom stereocenters. The molecule has 4 aromatic carbocycles. The molecule has 9 heteroatoms. The Morgan fingerprint density at radius 1 is 0.870 bits per heavy atom. The lowest BCUT2D eigenvalue weighted by Gasteiger charge is -2.26. The number of phenolic OH excluding ortho intramolecular Hbond substituents is 1. The van der Waals surface area contributed by atoms with Crippen LogP contribution in [0.25, 0.3) is 10.2 Å². The molecule has 0 spiro atoms. The first-order chi connectivity index (χ1) is 22.4. The molecule has 4 N–H and O–H groups in total. The quantitative estimate of drug-likeness (QED) is 0.115. The summed E-state index contributed by atoms with van der Waals surface area (Å²) in [6.07, 6.45) is 4.32. The third kappa shape index (κ3) is 7.13. The molecule has 6 aromatic rings. The Morgan fingerprint density at radius 3 is 2.17 bits per heavy atom. The van der Waals surface area contributed by atoms with Gasteiger partial charge < -0.3 is 24.9 Å². The predicted molar refractivity (Wildman–Crippen MR) is 182 cm³/mol. The van der Waals surface area contributed by atoms with Crippen LogP contribution >= 0.6 is 11.3 Å². The molecule has 0 amide bonds. The molecule has 0 fully saturated rings. The lowest BCUT2D eigenvalue weighted by Crippen LogP contribution is -2.29. The molecule has 46 heavy (non-hydrogen) atoms. The average Bonchev–Trinajstić information content (AvgIpc) is 3.73. The van der Waals surface area contributed by atoms with E-state index in [2.05, 4.69) is 51.5 Å². The standard InChI is InChI=1S/C37H38N4O4S/c1-41(25-31-24-39-35(45-31)37(44,29-8-4-2-5-9-29)30-10-6-3-7-11-30)23-20-27-14-12-26(13-15-27)18-21-38-22-19-28-16-17-32(42)33-34(28)46-36(43)40-33/h2-17,24,38,42,44H,18-23,25H2,1H3,(H,40,43). The predicted octanol–water partition coefficient (Wildman–Crippen LogP) is 5.62. The zero-order valence-electron chi connectivity index (χ0n) is 25.8. The van der Waals surface area contributed by atoms with Gasteiger partial charge in [0.05, 0.1) is 17.4 Å². The van der Waals surface area contributed by atoms with Crippen molar-refractivity contribution in [1.29, 1.82) is 0 Å². The summed E-state index contributed by atoms with van der Waals surface area (Å²) in [6, 6.07) is 31.3. The van der Waals surface area contributed by atoms with Crippen molar-refractivity contribution in [2.45, 2.75) is 31.4 Å². The van der Waals surface area contributed by atoms with Gasteiger partial charge >= 0.3 is 4.87 Å². The maximum absolute atomic E-state index is 11.9. The Kier molecular flexibility index (Phi) is 9.75. The number of hydrogen-bond donors (Lipinski definition) is 4. The van der Waals surface area contributed by atoms with Gasteiger partial charge in [0, 0.05) is 6.54 Å². The summed E-state index contributed by atoms with van der Waals surface area (Å²) in [5, 5.41) is 25.4. The topological polar surface area (TPSA) is 115 Å². The fourth-order valence-corrected chi connectivity index (χ4v) is 6.61. The van der Waals surface area contributed by atoms with E-state index in [1.165, 1.54) is 11.1 Å². The third-order valence-electron chi connectivity index (χ3n) is 8.28. The van der Waals surface area contributed by atoms with E-state index in [0.717, 1.165) is 60.5 Å². The SMILES string of the molecule is CN(CCc1ccc(CCNCCc2ccc(O)c3[nH]c(=O)sc23)cc1)Cc1cnc(C(O)(c2ccccc2)c2ccccc2)o1. The van der Waals surface area contributed by atoms with Gasteiger partial charge in [0.25, 0.3) is 0 Å². The number of thiazole rings is 1. The lowest BCUT2D eigenvalue weighted by atomic mass is 9.86. The second-order valence-electron chi connectivity index (χ2n) is 11.6. The number of benzene rings is 4. The van der Waals surface area contributed by atoms with Crippen molar-refractivity contribution in [3.05, 3.63) is 152 Å². The van der Waals surface area contributed by atoms with Crippen molar-refractivity contribution in [3.8, 4) is 5.75 Å². The Balaban J connectivity index is 0.970. The number of fused-ring (bicyclic) bond motifs is 1. The number of aliphatic hydroxyl groups is 1. The largest absolute Gasteiger partial charge is 0.506 e. The molecule has 0 saturated carbocycles. The maximum atomic E-state index is 11.9. The minimum atomic E-state index is -1.48. The second kappa shape index (κ2) is 14.3. The van der Waals surface area contributed by atoms with E-state index in [4.69, 9.17) is 4.42 Å². The fourth-order valence-electron chi connectivity index (χ4n) is 5.71. The number of phenols is 1. The van der Waals surface area contributed by atoms with Gasteiger partial charge in [-0.2, -0.15) is 0 Å². The van der Waals surface area contributed by atoms with Crippen LogP contribution in [0.5, 0.6) is 5.75 Å². The van der Waals surface area contributed by atoms with Gasteiger partial charge in [-0.05, 0) is 73.3 Å². The molecule has 0 aliphatic heterocycles. The number of H-pyrrole nitrogens is 1. The number of rotatable bonds is 14. The Morgan fingerprint density at radius 2 is 1.50 bits per heavy atom. The zero-order valence-corrected chi connectivity index (χ0v) is 26.6. The molecule has 0 saturated heterocycles. The van der Waals surface area contributed by atoms with E-state index in [0.29, 0.717) is 28.9 Å². The number of aromatic nitrogens is 2. The Labute approximate surface area is 272 Å². The van der Waals surface area contributed by atoms with Crippen molar-refractivity contribution >= 4 is 21.6 Å². The van der Waals surface area contributed by atoms with Crippen LogP contribution in [0, 0.1) is 0 Å². The van der Waals surface area contributed by atoms with Gasteiger partial charge in [-0.15, -0.1) is 0 Å². The van der Waals surface area contributed by atoms with Crippen LogP contribution in [0.4, 0.5) is 0 Å². The summed E-state index contributed by atoms with van der Waals surface area (Å²) in [6.45, 7) is 3.07.